The van der Waals surface area contributed by atoms with E-state index in [4.69, 9.17) is 0 Å². The van der Waals surface area contributed by atoms with Gasteiger partial charge in [-0.25, -0.2) is 9.78 Å². The Balaban J connectivity index is 2.63. The molecule has 0 saturated heterocycles. The van der Waals surface area contributed by atoms with E-state index < -0.39 is 5.97 Å². The Morgan fingerprint density at radius 2 is 2.00 bits per heavy atom. The van der Waals surface area contributed by atoms with Crippen molar-refractivity contribution in [3.8, 4) is 11.3 Å². The van der Waals surface area contributed by atoms with Crippen LogP contribution in [0.4, 0.5) is 5.13 Å². The summed E-state index contributed by atoms with van der Waals surface area (Å²) in [6.07, 6.45) is 0. The van der Waals surface area contributed by atoms with Gasteiger partial charge in [0.15, 0.2) is 5.13 Å². The highest BCUT2D eigenvalue weighted by molar-refractivity contribution is 7.17. The van der Waals surface area contributed by atoms with Gasteiger partial charge in [-0.15, -0.1) is 0 Å². The minimum atomic E-state index is -0.930. The van der Waals surface area contributed by atoms with Crippen LogP contribution in [0.3, 0.4) is 0 Å². The first-order valence-corrected chi connectivity index (χ1v) is 6.71. The molecule has 1 aromatic heterocycles. The fourth-order valence-corrected chi connectivity index (χ4v) is 2.75. The van der Waals surface area contributed by atoms with Crippen molar-refractivity contribution < 1.29 is 9.90 Å². The fraction of sp³-hybridized carbons (Fsp3) is 0.286. The first-order valence-electron chi connectivity index (χ1n) is 5.89. The number of rotatable bonds is 3. The standard InChI is InChI=1S/C14H16N2O2S/c1-8-5-6-10(9(2)7-8)11-12(13(17)18)19-14(15-11)16(3)4/h5-7H,1-4H3,(H,17,18). The van der Waals surface area contributed by atoms with E-state index >= 15 is 0 Å². The summed E-state index contributed by atoms with van der Waals surface area (Å²) in [6, 6.07) is 5.95. The highest BCUT2D eigenvalue weighted by Crippen LogP contribution is 2.34. The van der Waals surface area contributed by atoms with Gasteiger partial charge in [0.05, 0.1) is 5.69 Å². The SMILES string of the molecule is Cc1ccc(-c2nc(N(C)C)sc2C(=O)O)c(C)c1. The molecule has 0 fully saturated rings. The molecule has 5 heteroatoms. The van der Waals surface area contributed by atoms with Gasteiger partial charge >= 0.3 is 5.97 Å². The summed E-state index contributed by atoms with van der Waals surface area (Å²) >= 11 is 1.20. The Bertz CT molecular complexity index is 632. The normalized spacial score (nSPS) is 10.5. The van der Waals surface area contributed by atoms with Gasteiger partial charge in [-0.1, -0.05) is 35.1 Å². The van der Waals surface area contributed by atoms with Crippen molar-refractivity contribution in [1.82, 2.24) is 4.98 Å². The molecule has 1 aromatic carbocycles. The Labute approximate surface area is 116 Å². The van der Waals surface area contributed by atoms with E-state index in [0.29, 0.717) is 10.8 Å². The number of hydrogen-bond acceptors (Lipinski definition) is 4. The molecule has 0 aliphatic carbocycles. The first-order chi connectivity index (χ1) is 8.90. The van der Waals surface area contributed by atoms with Crippen molar-refractivity contribution in [2.24, 2.45) is 0 Å². The Hall–Kier alpha value is -1.88. The van der Waals surface area contributed by atoms with Gasteiger partial charge in [0, 0.05) is 19.7 Å². The van der Waals surface area contributed by atoms with Gasteiger partial charge in [-0.05, 0) is 19.4 Å². The van der Waals surface area contributed by atoms with Crippen LogP contribution in [0.15, 0.2) is 18.2 Å². The van der Waals surface area contributed by atoms with Crippen molar-refractivity contribution in [3.63, 3.8) is 0 Å². The minimum absolute atomic E-state index is 0.288. The van der Waals surface area contributed by atoms with Crippen LogP contribution in [-0.2, 0) is 0 Å². The van der Waals surface area contributed by atoms with Gasteiger partial charge < -0.3 is 10.0 Å². The van der Waals surface area contributed by atoms with Crippen molar-refractivity contribution in [2.75, 3.05) is 19.0 Å². The quantitative estimate of drug-likeness (QED) is 0.935. The van der Waals surface area contributed by atoms with E-state index in [1.165, 1.54) is 11.3 Å². The molecule has 0 unspecified atom stereocenters. The monoisotopic (exact) mass is 276 g/mol. The van der Waals surface area contributed by atoms with Gasteiger partial charge in [-0.3, -0.25) is 0 Å². The van der Waals surface area contributed by atoms with E-state index in [1.54, 1.807) is 0 Å². The maximum absolute atomic E-state index is 11.4. The second-order valence-electron chi connectivity index (χ2n) is 4.69. The lowest BCUT2D eigenvalue weighted by Gasteiger charge is -2.06. The number of hydrogen-bond donors (Lipinski definition) is 1. The molecule has 4 nitrogen and oxygen atoms in total. The summed E-state index contributed by atoms with van der Waals surface area (Å²) in [5, 5.41) is 10.0. The van der Waals surface area contributed by atoms with E-state index in [-0.39, 0.29) is 4.88 Å². The number of nitrogens with zero attached hydrogens (tertiary/aromatic N) is 2. The fourth-order valence-electron chi connectivity index (χ4n) is 1.91. The molecule has 0 radical (unpaired) electrons. The molecule has 2 rings (SSSR count). The average molecular weight is 276 g/mol. The van der Waals surface area contributed by atoms with Crippen LogP contribution in [0.25, 0.3) is 11.3 Å². The predicted molar refractivity (Wildman–Crippen MR) is 78.3 cm³/mol. The molecule has 0 saturated carbocycles. The Morgan fingerprint density at radius 3 is 2.53 bits per heavy atom. The van der Waals surface area contributed by atoms with Gasteiger partial charge in [0.2, 0.25) is 0 Å². The van der Waals surface area contributed by atoms with E-state index in [1.807, 2.05) is 51.0 Å². The smallest absolute Gasteiger partial charge is 0.348 e. The summed E-state index contributed by atoms with van der Waals surface area (Å²) in [6.45, 7) is 3.99. The second-order valence-corrected chi connectivity index (χ2v) is 5.67. The number of thiazole rings is 1. The van der Waals surface area contributed by atoms with Gasteiger partial charge in [-0.2, -0.15) is 0 Å². The molecule has 0 amide bonds. The number of aromatic carboxylic acids is 1. The van der Waals surface area contributed by atoms with Gasteiger partial charge in [0.1, 0.15) is 4.88 Å². The van der Waals surface area contributed by atoms with Crippen molar-refractivity contribution in [3.05, 3.63) is 34.2 Å². The Kier molecular flexibility index (Phi) is 3.57. The molecular formula is C14H16N2O2S. The Morgan fingerprint density at radius 1 is 1.32 bits per heavy atom. The number of carboxylic acids is 1. The summed E-state index contributed by atoms with van der Waals surface area (Å²) in [5.74, 6) is -0.930. The zero-order valence-corrected chi connectivity index (χ0v) is 12.2. The summed E-state index contributed by atoms with van der Waals surface area (Å²) < 4.78 is 0. The molecule has 0 bridgehead atoms. The maximum Gasteiger partial charge on any atom is 0.348 e. The number of anilines is 1. The summed E-state index contributed by atoms with van der Waals surface area (Å²) in [4.78, 5) is 17.9. The third-order valence-corrected chi connectivity index (χ3v) is 4.04. The summed E-state index contributed by atoms with van der Waals surface area (Å²) in [7, 11) is 3.71. The van der Waals surface area contributed by atoms with Crippen LogP contribution < -0.4 is 4.90 Å². The number of aromatic nitrogens is 1. The number of aryl methyl sites for hydroxylation is 2. The molecule has 1 heterocycles. The topological polar surface area (TPSA) is 53.4 Å². The molecule has 0 spiro atoms. The highest BCUT2D eigenvalue weighted by atomic mass is 32.1. The van der Waals surface area contributed by atoms with E-state index in [9.17, 15) is 9.90 Å². The second kappa shape index (κ2) is 5.01. The molecule has 0 aliphatic rings. The van der Waals surface area contributed by atoms with Crippen LogP contribution in [0.2, 0.25) is 0 Å². The average Bonchev–Trinajstić information content (AvgIpc) is 2.73. The van der Waals surface area contributed by atoms with Crippen molar-refractivity contribution in [2.45, 2.75) is 13.8 Å². The summed E-state index contributed by atoms with van der Waals surface area (Å²) in [5.41, 5.74) is 3.63. The number of benzene rings is 1. The van der Waals surface area contributed by atoms with Crippen molar-refractivity contribution in [1.29, 1.82) is 0 Å². The number of carboxylic acid groups (broad SMARTS) is 1. The molecule has 0 atom stereocenters. The third-order valence-electron chi connectivity index (χ3n) is 2.83. The first kappa shape index (κ1) is 13.5. The molecule has 100 valence electrons. The van der Waals surface area contributed by atoms with Crippen molar-refractivity contribution >= 4 is 22.4 Å². The molecule has 19 heavy (non-hydrogen) atoms. The van der Waals surface area contributed by atoms with Crippen LogP contribution in [0.1, 0.15) is 20.8 Å². The van der Waals surface area contributed by atoms with E-state index in [0.717, 1.165) is 16.7 Å². The maximum atomic E-state index is 11.4. The molecular weight excluding hydrogens is 260 g/mol. The molecule has 1 N–H and O–H groups in total. The van der Waals surface area contributed by atoms with Crippen LogP contribution in [0.5, 0.6) is 0 Å². The lowest BCUT2D eigenvalue weighted by Crippen LogP contribution is -2.07. The zero-order valence-electron chi connectivity index (χ0n) is 11.4. The highest BCUT2D eigenvalue weighted by Gasteiger charge is 2.20. The zero-order chi connectivity index (χ0) is 14.2. The number of carbonyl (C=O) groups is 1. The van der Waals surface area contributed by atoms with Crippen LogP contribution in [0, 0.1) is 13.8 Å². The van der Waals surface area contributed by atoms with Crippen LogP contribution in [-0.4, -0.2) is 30.2 Å². The minimum Gasteiger partial charge on any atom is -0.477 e. The van der Waals surface area contributed by atoms with E-state index in [2.05, 4.69) is 4.98 Å². The molecule has 2 aromatic rings. The predicted octanol–water partition coefficient (Wildman–Crippen LogP) is 3.19. The third kappa shape index (κ3) is 2.61. The lowest BCUT2D eigenvalue weighted by molar-refractivity contribution is 0.0702. The van der Waals surface area contributed by atoms with Gasteiger partial charge in [0.25, 0.3) is 0 Å². The van der Waals surface area contributed by atoms with Crippen LogP contribution >= 0.6 is 11.3 Å². The molecule has 0 aliphatic heterocycles. The largest absolute Gasteiger partial charge is 0.477 e. The lowest BCUT2D eigenvalue weighted by atomic mass is 10.0.